The Labute approximate surface area is 206 Å². The van der Waals surface area contributed by atoms with E-state index in [9.17, 15) is 14.9 Å². The van der Waals surface area contributed by atoms with Gasteiger partial charge in [0.15, 0.2) is 5.84 Å². The van der Waals surface area contributed by atoms with Crippen LogP contribution in [0, 0.1) is 28.4 Å². The van der Waals surface area contributed by atoms with Gasteiger partial charge in [0.05, 0.1) is 10.5 Å². The van der Waals surface area contributed by atoms with Crippen LogP contribution in [0.1, 0.15) is 25.0 Å². The smallest absolute Gasteiger partial charge is 0.283 e. The lowest BCUT2D eigenvalue weighted by Crippen LogP contribution is -2.35. The standard InChI is InChI=1S/C24H23N5O5S/c1-14(2)23-27-28-21(25)19(22(30)26-24(28)35-23)13-16-12-17(29(31)32)6-9-20(16)34-11-10-33-18-7-4-15(3)5-8-18/h4-9,12-14,25H,10-11H2,1-3H3/b19-13-,25-21?. The van der Waals surface area contributed by atoms with Crippen LogP contribution in [0.25, 0.3) is 6.08 Å². The molecule has 0 atom stereocenters. The molecule has 4 rings (SSSR count). The molecule has 0 spiro atoms. The Kier molecular flexibility index (Phi) is 6.97. The SMILES string of the molecule is Cc1ccc(OCCOc2ccc([N+](=O)[O-])cc2/C=C2/C(=N)N3N=C(C(C)C)SC3=NC2=O)cc1. The van der Waals surface area contributed by atoms with Gasteiger partial charge in [0.25, 0.3) is 11.6 Å². The fourth-order valence-corrected chi connectivity index (χ4v) is 4.13. The van der Waals surface area contributed by atoms with Gasteiger partial charge in [-0.15, -0.1) is 0 Å². The number of nitrogens with one attached hydrogen (secondary N) is 1. The molecule has 0 aliphatic carbocycles. The zero-order valence-electron chi connectivity index (χ0n) is 19.3. The molecule has 1 amide bonds. The number of thioether (sulfide) groups is 1. The first-order valence-electron chi connectivity index (χ1n) is 10.8. The van der Waals surface area contributed by atoms with Crippen molar-refractivity contribution in [3.8, 4) is 11.5 Å². The highest BCUT2D eigenvalue weighted by molar-refractivity contribution is 8.27. The highest BCUT2D eigenvalue weighted by Crippen LogP contribution is 2.32. The number of hydrogen-bond donors (Lipinski definition) is 1. The molecule has 2 heterocycles. The highest BCUT2D eigenvalue weighted by Gasteiger charge is 2.36. The van der Waals surface area contributed by atoms with Crippen LogP contribution in [0.2, 0.25) is 0 Å². The number of aryl methyl sites for hydroxylation is 1. The maximum absolute atomic E-state index is 12.7. The molecule has 0 bridgehead atoms. The van der Waals surface area contributed by atoms with E-state index in [0.29, 0.717) is 16.7 Å². The van der Waals surface area contributed by atoms with Crippen LogP contribution in [-0.2, 0) is 4.79 Å². The van der Waals surface area contributed by atoms with E-state index in [1.165, 1.54) is 41.0 Å². The van der Waals surface area contributed by atoms with Crippen molar-refractivity contribution in [2.24, 2.45) is 16.0 Å². The Morgan fingerprint density at radius 1 is 1.17 bits per heavy atom. The number of nitro groups is 1. The molecule has 2 aromatic carbocycles. The number of ether oxygens (including phenoxy) is 2. The molecule has 11 heteroatoms. The normalized spacial score (nSPS) is 16.3. The van der Waals surface area contributed by atoms with E-state index in [-0.39, 0.29) is 41.8 Å². The Morgan fingerprint density at radius 2 is 1.89 bits per heavy atom. The van der Waals surface area contributed by atoms with Gasteiger partial charge in [0.2, 0.25) is 5.17 Å². The second-order valence-electron chi connectivity index (χ2n) is 8.10. The summed E-state index contributed by atoms with van der Waals surface area (Å²) in [6.45, 7) is 6.32. The van der Waals surface area contributed by atoms with Gasteiger partial charge in [-0.3, -0.25) is 20.3 Å². The lowest BCUT2D eigenvalue weighted by Gasteiger charge is -2.20. The van der Waals surface area contributed by atoms with E-state index >= 15 is 0 Å². The van der Waals surface area contributed by atoms with Gasteiger partial charge in [-0.05, 0) is 43.0 Å². The summed E-state index contributed by atoms with van der Waals surface area (Å²) in [5, 5.41) is 26.6. The van der Waals surface area contributed by atoms with Crippen molar-refractivity contribution in [1.29, 1.82) is 5.41 Å². The second kappa shape index (κ2) is 10.1. The molecule has 180 valence electrons. The number of hydrogen-bond acceptors (Lipinski definition) is 8. The van der Waals surface area contributed by atoms with Gasteiger partial charge in [-0.25, -0.2) is 0 Å². The van der Waals surface area contributed by atoms with Crippen molar-refractivity contribution in [2.75, 3.05) is 13.2 Å². The number of amidine groups is 2. The number of nitrogens with zero attached hydrogens (tertiary/aromatic N) is 4. The molecule has 0 radical (unpaired) electrons. The van der Waals surface area contributed by atoms with Crippen LogP contribution in [0.5, 0.6) is 11.5 Å². The number of non-ortho nitro benzene ring substituents is 1. The number of fused-ring (bicyclic) bond motifs is 1. The van der Waals surface area contributed by atoms with Gasteiger partial charge in [-0.2, -0.15) is 15.1 Å². The lowest BCUT2D eigenvalue weighted by atomic mass is 10.1. The fraction of sp³-hybridized carbons (Fsp3) is 0.250. The summed E-state index contributed by atoms with van der Waals surface area (Å²) in [5.74, 6) is 0.359. The minimum atomic E-state index is -0.617. The molecule has 0 fully saturated rings. The van der Waals surface area contributed by atoms with Gasteiger partial charge in [-0.1, -0.05) is 31.5 Å². The first-order chi connectivity index (χ1) is 16.7. The maximum Gasteiger partial charge on any atom is 0.283 e. The van der Waals surface area contributed by atoms with E-state index in [1.54, 1.807) is 0 Å². The molecule has 1 N–H and O–H groups in total. The first kappa shape index (κ1) is 24.1. The number of benzene rings is 2. The Hall–Kier alpha value is -3.99. The Bertz CT molecular complexity index is 1280. The number of carbonyl (C=O) groups excluding carboxylic acids is 1. The van der Waals surface area contributed by atoms with Crippen LogP contribution in [0.15, 0.2) is 58.1 Å². The van der Waals surface area contributed by atoms with Gasteiger partial charge >= 0.3 is 0 Å². The molecule has 2 aliphatic rings. The van der Waals surface area contributed by atoms with Crippen molar-refractivity contribution in [3.05, 3.63) is 69.3 Å². The van der Waals surface area contributed by atoms with Crippen LogP contribution in [-0.4, -0.2) is 45.1 Å². The highest BCUT2D eigenvalue weighted by atomic mass is 32.2. The predicted octanol–water partition coefficient (Wildman–Crippen LogP) is 4.64. The Morgan fingerprint density at radius 3 is 2.57 bits per heavy atom. The van der Waals surface area contributed by atoms with Crippen LogP contribution >= 0.6 is 11.8 Å². The van der Waals surface area contributed by atoms with Gasteiger partial charge < -0.3 is 9.47 Å². The third-order valence-electron chi connectivity index (χ3n) is 5.10. The van der Waals surface area contributed by atoms with Crippen LogP contribution < -0.4 is 9.47 Å². The molecular weight excluding hydrogens is 470 g/mol. The minimum absolute atomic E-state index is 0.0376. The molecule has 0 aromatic heterocycles. The average Bonchev–Trinajstić information content (AvgIpc) is 3.25. The second-order valence-corrected chi connectivity index (χ2v) is 9.09. The minimum Gasteiger partial charge on any atom is -0.490 e. The van der Waals surface area contributed by atoms with E-state index in [1.807, 2.05) is 45.0 Å². The summed E-state index contributed by atoms with van der Waals surface area (Å²) < 4.78 is 11.5. The monoisotopic (exact) mass is 493 g/mol. The van der Waals surface area contributed by atoms with E-state index in [2.05, 4.69) is 10.1 Å². The quantitative estimate of drug-likeness (QED) is 0.245. The van der Waals surface area contributed by atoms with Crippen LogP contribution in [0.4, 0.5) is 5.69 Å². The molecule has 35 heavy (non-hydrogen) atoms. The molecule has 2 aliphatic heterocycles. The summed E-state index contributed by atoms with van der Waals surface area (Å²) in [4.78, 5) is 27.6. The van der Waals surface area contributed by atoms with Crippen LogP contribution in [0.3, 0.4) is 0 Å². The maximum atomic E-state index is 12.7. The molecule has 2 aromatic rings. The summed E-state index contributed by atoms with van der Waals surface area (Å²) in [5.41, 5.74) is 1.19. The number of carbonyl (C=O) groups is 1. The number of nitro benzene ring substituents is 1. The molecule has 10 nitrogen and oxygen atoms in total. The van der Waals surface area contributed by atoms with Crippen molar-refractivity contribution >= 4 is 45.5 Å². The van der Waals surface area contributed by atoms with Crippen molar-refractivity contribution in [1.82, 2.24) is 5.01 Å². The third kappa shape index (κ3) is 5.40. The van der Waals surface area contributed by atoms with E-state index < -0.39 is 10.8 Å². The van der Waals surface area contributed by atoms with Crippen molar-refractivity contribution in [3.63, 3.8) is 0 Å². The Balaban J connectivity index is 1.56. The van der Waals surface area contributed by atoms with E-state index in [4.69, 9.17) is 14.9 Å². The van der Waals surface area contributed by atoms with Gasteiger partial charge in [0, 0.05) is 23.6 Å². The number of aliphatic imine (C=N–C) groups is 1. The number of amides is 1. The predicted molar refractivity (Wildman–Crippen MR) is 135 cm³/mol. The molecular formula is C24H23N5O5S. The number of hydrazone groups is 1. The number of rotatable bonds is 8. The molecule has 0 unspecified atom stereocenters. The summed E-state index contributed by atoms with van der Waals surface area (Å²) in [7, 11) is 0. The first-order valence-corrected chi connectivity index (χ1v) is 11.7. The molecule has 0 saturated heterocycles. The van der Waals surface area contributed by atoms with E-state index in [0.717, 1.165) is 10.6 Å². The van der Waals surface area contributed by atoms with Gasteiger partial charge in [0.1, 0.15) is 29.8 Å². The summed E-state index contributed by atoms with van der Waals surface area (Å²) >= 11 is 1.25. The lowest BCUT2D eigenvalue weighted by molar-refractivity contribution is -0.384. The molecule has 0 saturated carbocycles. The van der Waals surface area contributed by atoms with Crippen molar-refractivity contribution < 1.29 is 19.2 Å². The summed E-state index contributed by atoms with van der Waals surface area (Å²) in [6.07, 6.45) is 1.38. The summed E-state index contributed by atoms with van der Waals surface area (Å²) in [6, 6.07) is 11.7. The fourth-order valence-electron chi connectivity index (χ4n) is 3.24. The zero-order chi connectivity index (χ0) is 25.1. The van der Waals surface area contributed by atoms with Crippen molar-refractivity contribution in [2.45, 2.75) is 20.8 Å². The zero-order valence-corrected chi connectivity index (χ0v) is 20.2. The topological polar surface area (TPSA) is 130 Å². The average molecular weight is 494 g/mol. The third-order valence-corrected chi connectivity index (χ3v) is 6.31. The largest absolute Gasteiger partial charge is 0.490 e.